The van der Waals surface area contributed by atoms with E-state index in [2.05, 4.69) is 0 Å². The van der Waals surface area contributed by atoms with E-state index in [-0.39, 0.29) is 5.56 Å². The van der Waals surface area contributed by atoms with Gasteiger partial charge < -0.3 is 9.84 Å². The maximum Gasteiger partial charge on any atom is 0.133 e. The van der Waals surface area contributed by atoms with Gasteiger partial charge in [0.1, 0.15) is 17.7 Å². The summed E-state index contributed by atoms with van der Waals surface area (Å²) in [6.07, 6.45) is -1.02. The summed E-state index contributed by atoms with van der Waals surface area (Å²) in [5.41, 5.74) is 1.66. The Morgan fingerprint density at radius 2 is 1.84 bits per heavy atom. The minimum atomic E-state index is -1.02. The lowest BCUT2D eigenvalue weighted by Crippen LogP contribution is -2.04. The second kappa shape index (κ2) is 5.59. The van der Waals surface area contributed by atoms with Crippen LogP contribution < -0.4 is 4.74 Å². The quantitative estimate of drug-likeness (QED) is 0.924. The Balaban J connectivity index is 2.41. The maximum absolute atomic E-state index is 13.9. The summed E-state index contributed by atoms with van der Waals surface area (Å²) in [6.45, 7) is 1.83. The molecule has 1 atom stereocenters. The molecule has 2 rings (SSSR count). The SMILES string of the molecule is COc1ccc(C(O)c2ccc(Cl)cc2C)c(F)c1. The molecule has 0 aliphatic rings. The minimum Gasteiger partial charge on any atom is -0.497 e. The van der Waals surface area contributed by atoms with Crippen LogP contribution in [0.5, 0.6) is 5.75 Å². The predicted molar refractivity (Wildman–Crippen MR) is 73.2 cm³/mol. The van der Waals surface area contributed by atoms with Crippen LogP contribution in [-0.4, -0.2) is 12.2 Å². The zero-order valence-corrected chi connectivity index (χ0v) is 11.4. The Morgan fingerprint density at radius 3 is 2.42 bits per heavy atom. The van der Waals surface area contributed by atoms with Gasteiger partial charge in [-0.25, -0.2) is 4.39 Å². The van der Waals surface area contributed by atoms with E-state index in [1.165, 1.54) is 19.2 Å². The highest BCUT2D eigenvalue weighted by atomic mass is 35.5. The standard InChI is InChI=1S/C15H14ClFO2/c1-9-7-10(16)3-5-12(9)15(18)13-6-4-11(19-2)8-14(13)17/h3-8,15,18H,1-2H3. The van der Waals surface area contributed by atoms with Crippen molar-refractivity contribution in [1.29, 1.82) is 0 Å². The van der Waals surface area contributed by atoms with Gasteiger partial charge in [-0.05, 0) is 42.3 Å². The third-order valence-electron chi connectivity index (χ3n) is 3.03. The van der Waals surface area contributed by atoms with Crippen molar-refractivity contribution in [3.05, 3.63) is 63.9 Å². The Kier molecular flexibility index (Phi) is 4.08. The van der Waals surface area contributed by atoms with Crippen molar-refractivity contribution in [2.75, 3.05) is 7.11 Å². The predicted octanol–water partition coefficient (Wildman–Crippen LogP) is 3.88. The number of hydrogen-bond donors (Lipinski definition) is 1. The Hall–Kier alpha value is -1.58. The molecule has 0 aliphatic heterocycles. The van der Waals surface area contributed by atoms with Crippen LogP contribution in [0.4, 0.5) is 4.39 Å². The Labute approximate surface area is 116 Å². The van der Waals surface area contributed by atoms with Crippen molar-refractivity contribution in [3.8, 4) is 5.75 Å². The van der Waals surface area contributed by atoms with Crippen LogP contribution in [0.3, 0.4) is 0 Å². The van der Waals surface area contributed by atoms with Gasteiger partial charge in [-0.15, -0.1) is 0 Å². The Morgan fingerprint density at radius 1 is 1.16 bits per heavy atom. The van der Waals surface area contributed by atoms with Gasteiger partial charge in [0.15, 0.2) is 0 Å². The summed E-state index contributed by atoms with van der Waals surface area (Å²) in [5, 5.41) is 10.9. The average Bonchev–Trinajstić information content (AvgIpc) is 2.37. The molecule has 1 unspecified atom stereocenters. The van der Waals surface area contributed by atoms with Crippen molar-refractivity contribution >= 4 is 11.6 Å². The third kappa shape index (κ3) is 2.88. The van der Waals surface area contributed by atoms with Crippen LogP contribution in [0.15, 0.2) is 36.4 Å². The van der Waals surface area contributed by atoms with Crippen molar-refractivity contribution in [3.63, 3.8) is 0 Å². The van der Waals surface area contributed by atoms with Gasteiger partial charge in [0, 0.05) is 16.7 Å². The number of aliphatic hydroxyl groups is 1. The molecule has 0 amide bonds. The van der Waals surface area contributed by atoms with E-state index in [4.69, 9.17) is 16.3 Å². The molecule has 0 radical (unpaired) electrons. The first kappa shape index (κ1) is 13.8. The number of ether oxygens (including phenoxy) is 1. The maximum atomic E-state index is 13.9. The summed E-state index contributed by atoms with van der Waals surface area (Å²) in [6, 6.07) is 9.51. The topological polar surface area (TPSA) is 29.5 Å². The van der Waals surface area contributed by atoms with Crippen LogP contribution in [0.25, 0.3) is 0 Å². The van der Waals surface area contributed by atoms with Gasteiger partial charge in [0.2, 0.25) is 0 Å². The first-order valence-electron chi connectivity index (χ1n) is 5.80. The molecule has 0 spiro atoms. The summed E-state index contributed by atoms with van der Waals surface area (Å²) in [4.78, 5) is 0. The molecular weight excluding hydrogens is 267 g/mol. The summed E-state index contributed by atoms with van der Waals surface area (Å²) < 4.78 is 18.9. The highest BCUT2D eigenvalue weighted by Crippen LogP contribution is 2.29. The van der Waals surface area contributed by atoms with Crippen molar-refractivity contribution in [2.24, 2.45) is 0 Å². The molecule has 2 aromatic carbocycles. The summed E-state index contributed by atoms with van der Waals surface area (Å²) in [5.74, 6) is -0.0810. The Bertz CT molecular complexity index is 599. The normalized spacial score (nSPS) is 12.3. The van der Waals surface area contributed by atoms with Crippen LogP contribution in [-0.2, 0) is 0 Å². The molecule has 0 heterocycles. The molecule has 4 heteroatoms. The van der Waals surface area contributed by atoms with Gasteiger partial charge in [-0.3, -0.25) is 0 Å². The molecule has 2 nitrogen and oxygen atoms in total. The van der Waals surface area contributed by atoms with Crippen molar-refractivity contribution < 1.29 is 14.2 Å². The first-order chi connectivity index (χ1) is 9.02. The first-order valence-corrected chi connectivity index (χ1v) is 6.18. The summed E-state index contributed by atoms with van der Waals surface area (Å²) in [7, 11) is 1.47. The van der Waals surface area contributed by atoms with Gasteiger partial charge in [-0.2, -0.15) is 0 Å². The van der Waals surface area contributed by atoms with Crippen molar-refractivity contribution in [1.82, 2.24) is 0 Å². The molecular formula is C15H14ClFO2. The highest BCUT2D eigenvalue weighted by molar-refractivity contribution is 6.30. The smallest absolute Gasteiger partial charge is 0.133 e. The molecule has 0 bridgehead atoms. The van der Waals surface area contributed by atoms with E-state index in [1.807, 2.05) is 6.92 Å². The molecule has 2 aromatic rings. The zero-order chi connectivity index (χ0) is 14.0. The molecule has 0 saturated carbocycles. The lowest BCUT2D eigenvalue weighted by molar-refractivity contribution is 0.214. The van der Waals surface area contributed by atoms with Crippen molar-refractivity contribution in [2.45, 2.75) is 13.0 Å². The second-order valence-electron chi connectivity index (χ2n) is 4.29. The number of hydrogen-bond acceptors (Lipinski definition) is 2. The number of methoxy groups -OCH3 is 1. The third-order valence-corrected chi connectivity index (χ3v) is 3.26. The van der Waals surface area contributed by atoms with E-state index in [0.717, 1.165) is 5.56 Å². The van der Waals surface area contributed by atoms with E-state index < -0.39 is 11.9 Å². The minimum absolute atomic E-state index is 0.214. The van der Waals surface area contributed by atoms with Gasteiger partial charge in [0.25, 0.3) is 0 Å². The number of aliphatic hydroxyl groups excluding tert-OH is 1. The van der Waals surface area contributed by atoms with E-state index in [1.54, 1.807) is 24.3 Å². The van der Waals surface area contributed by atoms with E-state index in [0.29, 0.717) is 16.3 Å². The lowest BCUT2D eigenvalue weighted by Gasteiger charge is -2.15. The largest absolute Gasteiger partial charge is 0.497 e. The number of aryl methyl sites for hydroxylation is 1. The van der Waals surface area contributed by atoms with E-state index >= 15 is 0 Å². The fourth-order valence-corrected chi connectivity index (χ4v) is 2.20. The van der Waals surface area contributed by atoms with Crippen LogP contribution in [0.2, 0.25) is 5.02 Å². The molecule has 0 fully saturated rings. The second-order valence-corrected chi connectivity index (χ2v) is 4.73. The molecule has 0 saturated heterocycles. The monoisotopic (exact) mass is 280 g/mol. The fourth-order valence-electron chi connectivity index (χ4n) is 1.97. The molecule has 100 valence electrons. The number of rotatable bonds is 3. The van der Waals surface area contributed by atoms with Gasteiger partial charge in [-0.1, -0.05) is 17.7 Å². The average molecular weight is 281 g/mol. The van der Waals surface area contributed by atoms with Crippen LogP contribution in [0, 0.1) is 12.7 Å². The van der Waals surface area contributed by atoms with Crippen LogP contribution in [0.1, 0.15) is 22.8 Å². The molecule has 0 aromatic heterocycles. The fraction of sp³-hybridized carbons (Fsp3) is 0.200. The van der Waals surface area contributed by atoms with Crippen LogP contribution >= 0.6 is 11.6 Å². The summed E-state index contributed by atoms with van der Waals surface area (Å²) >= 11 is 5.87. The van der Waals surface area contributed by atoms with E-state index in [9.17, 15) is 9.50 Å². The van der Waals surface area contributed by atoms with Gasteiger partial charge >= 0.3 is 0 Å². The molecule has 0 aliphatic carbocycles. The number of halogens is 2. The zero-order valence-electron chi connectivity index (χ0n) is 10.7. The highest BCUT2D eigenvalue weighted by Gasteiger charge is 2.17. The molecule has 1 N–H and O–H groups in total. The number of benzene rings is 2. The molecule has 19 heavy (non-hydrogen) atoms. The lowest BCUT2D eigenvalue weighted by atomic mass is 9.97. The van der Waals surface area contributed by atoms with Gasteiger partial charge in [0.05, 0.1) is 7.11 Å².